The first-order valence-corrected chi connectivity index (χ1v) is 5.89. The van der Waals surface area contributed by atoms with Gasteiger partial charge in [-0.25, -0.2) is 18.6 Å². The Morgan fingerprint density at radius 1 is 1.62 bits per heavy atom. The Labute approximate surface area is 115 Å². The summed E-state index contributed by atoms with van der Waals surface area (Å²) >= 11 is 0. The van der Waals surface area contributed by atoms with Crippen LogP contribution in [0.25, 0.3) is 11.2 Å². The molecule has 2 aromatic rings. The molecule has 21 heavy (non-hydrogen) atoms. The van der Waals surface area contributed by atoms with Crippen molar-refractivity contribution in [2.75, 3.05) is 12.3 Å². The number of aliphatic hydroxyl groups excluding tert-OH is 2. The van der Waals surface area contributed by atoms with Crippen molar-refractivity contribution in [1.82, 2.24) is 19.5 Å². The first-order chi connectivity index (χ1) is 9.87. The zero-order valence-electron chi connectivity index (χ0n) is 10.4. The van der Waals surface area contributed by atoms with Crippen LogP contribution >= 0.6 is 0 Å². The van der Waals surface area contributed by atoms with Crippen LogP contribution in [-0.4, -0.2) is 54.5 Å². The van der Waals surface area contributed by atoms with Gasteiger partial charge in [0, 0.05) is 0 Å². The Hall–Kier alpha value is -2.11. The predicted octanol–water partition coefficient (Wildman–Crippen LogP) is -1.41. The molecule has 9 nitrogen and oxygen atoms in total. The number of imidazole rings is 1. The van der Waals surface area contributed by atoms with Gasteiger partial charge in [-0.05, 0) is 0 Å². The van der Waals surface area contributed by atoms with Crippen LogP contribution < -0.4 is 11.4 Å². The van der Waals surface area contributed by atoms with Gasteiger partial charge < -0.3 is 20.7 Å². The minimum Gasteiger partial charge on any atom is -0.390 e. The van der Waals surface area contributed by atoms with Crippen LogP contribution in [0.4, 0.5) is 14.6 Å². The molecule has 0 radical (unpaired) electrons. The first-order valence-electron chi connectivity index (χ1n) is 5.89. The molecule has 0 bridgehead atoms. The molecule has 0 unspecified atom stereocenters. The van der Waals surface area contributed by atoms with Gasteiger partial charge in [-0.2, -0.15) is 4.98 Å². The van der Waals surface area contributed by atoms with Gasteiger partial charge >= 0.3 is 5.69 Å². The average molecular weight is 303 g/mol. The third-order valence-electron chi connectivity index (χ3n) is 3.28. The molecule has 1 aliphatic rings. The number of nitrogens with one attached hydrogen (secondary N) is 1. The van der Waals surface area contributed by atoms with Crippen LogP contribution in [0.3, 0.4) is 0 Å². The standard InChI is InChI=1S/C10H11F2N5O4/c11-5-4(19)8(21-10(5,12)1-18)17-2-14-3-6(13)15-9(20)16-7(3)17/h2,4-5,8,18-19H,1H2,(H3,13,15,16,20)/t4-,5+,8-,10-/m1/s1. The van der Waals surface area contributed by atoms with Crippen LogP contribution in [0.1, 0.15) is 6.23 Å². The third-order valence-corrected chi connectivity index (χ3v) is 3.28. The van der Waals surface area contributed by atoms with E-state index in [1.54, 1.807) is 0 Å². The Morgan fingerprint density at radius 3 is 2.95 bits per heavy atom. The summed E-state index contributed by atoms with van der Waals surface area (Å²) in [5.41, 5.74) is 4.74. The molecular weight excluding hydrogens is 292 g/mol. The molecule has 0 amide bonds. The fourth-order valence-corrected chi connectivity index (χ4v) is 2.22. The van der Waals surface area contributed by atoms with Crippen molar-refractivity contribution in [3.63, 3.8) is 0 Å². The zero-order chi connectivity index (χ0) is 15.4. The number of fused-ring (bicyclic) bond motifs is 1. The first kappa shape index (κ1) is 13.9. The van der Waals surface area contributed by atoms with Crippen molar-refractivity contribution in [2.24, 2.45) is 0 Å². The number of aromatic amines is 1. The maximum absolute atomic E-state index is 13.9. The molecule has 3 heterocycles. The van der Waals surface area contributed by atoms with E-state index in [9.17, 15) is 18.7 Å². The van der Waals surface area contributed by atoms with Gasteiger partial charge in [-0.15, -0.1) is 0 Å². The Balaban J connectivity index is 2.12. The summed E-state index contributed by atoms with van der Waals surface area (Å²) in [6.07, 6.45) is -4.85. The number of hydrogen-bond donors (Lipinski definition) is 4. The number of H-pyrrole nitrogens is 1. The quantitative estimate of drug-likeness (QED) is 0.534. The summed E-state index contributed by atoms with van der Waals surface area (Å²) in [4.78, 5) is 21.0. The number of anilines is 1. The fourth-order valence-electron chi connectivity index (χ4n) is 2.22. The molecule has 3 rings (SSSR count). The summed E-state index contributed by atoms with van der Waals surface area (Å²) < 4.78 is 33.4. The molecule has 0 spiro atoms. The monoisotopic (exact) mass is 303 g/mol. The molecule has 1 aliphatic heterocycles. The van der Waals surface area contributed by atoms with Crippen molar-refractivity contribution >= 4 is 17.0 Å². The van der Waals surface area contributed by atoms with Gasteiger partial charge in [0.05, 0.1) is 6.33 Å². The van der Waals surface area contributed by atoms with Crippen molar-refractivity contribution in [3.05, 3.63) is 16.8 Å². The number of rotatable bonds is 2. The molecule has 4 atom stereocenters. The number of aromatic nitrogens is 4. The molecule has 1 fully saturated rings. The second-order valence-corrected chi connectivity index (χ2v) is 4.62. The number of ether oxygens (including phenoxy) is 1. The number of nitrogens with two attached hydrogens (primary N) is 1. The molecule has 114 valence electrons. The van der Waals surface area contributed by atoms with E-state index < -0.39 is 36.7 Å². The highest BCUT2D eigenvalue weighted by atomic mass is 19.2. The smallest absolute Gasteiger partial charge is 0.348 e. The number of nitrogens with zero attached hydrogens (tertiary/aromatic N) is 3. The lowest BCUT2D eigenvalue weighted by Crippen LogP contribution is -2.39. The topological polar surface area (TPSA) is 139 Å². The largest absolute Gasteiger partial charge is 0.390 e. The van der Waals surface area contributed by atoms with E-state index in [0.29, 0.717) is 0 Å². The highest BCUT2D eigenvalue weighted by Crippen LogP contribution is 2.40. The van der Waals surface area contributed by atoms with Crippen LogP contribution in [-0.2, 0) is 4.74 Å². The van der Waals surface area contributed by atoms with E-state index in [1.807, 2.05) is 0 Å². The Kier molecular flexibility index (Phi) is 2.93. The normalized spacial score (nSPS) is 32.9. The zero-order valence-corrected chi connectivity index (χ0v) is 10.4. The summed E-state index contributed by atoms with van der Waals surface area (Å²) in [5, 5.41) is 18.6. The van der Waals surface area contributed by atoms with Crippen molar-refractivity contribution in [1.29, 1.82) is 0 Å². The average Bonchev–Trinajstić information content (AvgIpc) is 2.95. The molecule has 0 saturated carbocycles. The second-order valence-electron chi connectivity index (χ2n) is 4.62. The summed E-state index contributed by atoms with van der Waals surface area (Å²) in [7, 11) is 0. The lowest BCUT2D eigenvalue weighted by molar-refractivity contribution is -0.195. The van der Waals surface area contributed by atoms with Crippen LogP contribution in [0.5, 0.6) is 0 Å². The van der Waals surface area contributed by atoms with E-state index in [4.69, 9.17) is 15.6 Å². The molecule has 0 aliphatic carbocycles. The fraction of sp³-hybridized carbons (Fsp3) is 0.500. The maximum atomic E-state index is 13.9. The number of hydrogen-bond acceptors (Lipinski definition) is 7. The van der Waals surface area contributed by atoms with Crippen LogP contribution in [0.15, 0.2) is 11.1 Å². The minimum atomic E-state index is -3.05. The molecule has 2 aromatic heterocycles. The minimum absolute atomic E-state index is 0.0818. The third kappa shape index (κ3) is 1.89. The van der Waals surface area contributed by atoms with E-state index in [1.165, 1.54) is 0 Å². The molecule has 1 saturated heterocycles. The maximum Gasteiger partial charge on any atom is 0.348 e. The second kappa shape index (κ2) is 4.44. The summed E-state index contributed by atoms with van der Waals surface area (Å²) in [5.74, 6) is -3.13. The Bertz CT molecular complexity index is 749. The predicted molar refractivity (Wildman–Crippen MR) is 64.5 cm³/mol. The molecule has 0 aromatic carbocycles. The van der Waals surface area contributed by atoms with Gasteiger partial charge in [0.25, 0.3) is 5.85 Å². The van der Waals surface area contributed by atoms with Crippen LogP contribution in [0.2, 0.25) is 0 Å². The van der Waals surface area contributed by atoms with E-state index in [2.05, 4.69) is 15.0 Å². The molecule has 11 heteroatoms. The highest BCUT2D eigenvalue weighted by Gasteiger charge is 2.57. The number of alkyl halides is 2. The lowest BCUT2D eigenvalue weighted by atomic mass is 10.1. The number of nitrogen functional groups attached to an aromatic ring is 1. The molecular formula is C10H11F2N5O4. The van der Waals surface area contributed by atoms with Gasteiger partial charge in [0.2, 0.25) is 0 Å². The SMILES string of the molecule is Nc1[nH]c(=O)nc2c1ncn2[C@@H]1O[C@](F)(CO)[C@@H](F)[C@H]1O. The Morgan fingerprint density at radius 2 is 2.33 bits per heavy atom. The van der Waals surface area contributed by atoms with Gasteiger partial charge in [0.1, 0.15) is 24.0 Å². The number of aliphatic hydroxyl groups is 2. The van der Waals surface area contributed by atoms with Crippen molar-refractivity contribution < 1.29 is 23.7 Å². The van der Waals surface area contributed by atoms with Gasteiger partial charge in [-0.1, -0.05) is 0 Å². The van der Waals surface area contributed by atoms with E-state index in [0.717, 1.165) is 10.9 Å². The van der Waals surface area contributed by atoms with Gasteiger partial charge in [0.15, 0.2) is 18.0 Å². The lowest BCUT2D eigenvalue weighted by Gasteiger charge is -2.18. The van der Waals surface area contributed by atoms with Crippen molar-refractivity contribution in [2.45, 2.75) is 24.4 Å². The van der Waals surface area contributed by atoms with E-state index in [-0.39, 0.29) is 17.0 Å². The summed E-state index contributed by atoms with van der Waals surface area (Å²) in [6, 6.07) is 0. The van der Waals surface area contributed by atoms with Crippen LogP contribution in [0, 0.1) is 0 Å². The van der Waals surface area contributed by atoms with Gasteiger partial charge in [-0.3, -0.25) is 9.55 Å². The summed E-state index contributed by atoms with van der Waals surface area (Å²) in [6.45, 7) is -1.27. The molecule has 5 N–H and O–H groups in total. The number of halogens is 2. The van der Waals surface area contributed by atoms with E-state index >= 15 is 0 Å². The highest BCUT2D eigenvalue weighted by molar-refractivity contribution is 5.81. The van der Waals surface area contributed by atoms with Crippen molar-refractivity contribution in [3.8, 4) is 0 Å².